The van der Waals surface area contributed by atoms with Crippen molar-refractivity contribution >= 4 is 11.6 Å². The number of carbonyl (C=O) groups excluding carboxylic acids is 1. The lowest BCUT2D eigenvalue weighted by molar-refractivity contribution is -0.116. The second kappa shape index (κ2) is 6.85. The van der Waals surface area contributed by atoms with Crippen LogP contribution in [-0.2, 0) is 4.79 Å². The van der Waals surface area contributed by atoms with Crippen LogP contribution >= 0.6 is 0 Å². The zero-order valence-electron chi connectivity index (χ0n) is 10.1. The van der Waals surface area contributed by atoms with Crippen LogP contribution < -0.4 is 10.1 Å². The number of aliphatic hydroxyl groups excluding tert-OH is 1. The van der Waals surface area contributed by atoms with Gasteiger partial charge in [-0.1, -0.05) is 0 Å². The van der Waals surface area contributed by atoms with E-state index in [0.29, 0.717) is 31.0 Å². The summed E-state index contributed by atoms with van der Waals surface area (Å²) in [4.78, 5) is 15.5. The predicted molar refractivity (Wildman–Crippen MR) is 65.0 cm³/mol. The zero-order valence-corrected chi connectivity index (χ0v) is 10.1. The van der Waals surface area contributed by atoms with Gasteiger partial charge >= 0.3 is 0 Å². The molecular formula is C12H18N2O3. The number of anilines is 1. The van der Waals surface area contributed by atoms with E-state index in [9.17, 15) is 4.79 Å². The molecule has 5 nitrogen and oxygen atoms in total. The lowest BCUT2D eigenvalue weighted by Crippen LogP contribution is -2.14. The lowest BCUT2D eigenvalue weighted by Gasteiger charge is -2.07. The van der Waals surface area contributed by atoms with Gasteiger partial charge < -0.3 is 15.2 Å². The minimum absolute atomic E-state index is 0.128. The van der Waals surface area contributed by atoms with E-state index in [0.717, 1.165) is 0 Å². The average molecular weight is 238 g/mol. The Morgan fingerprint density at radius 1 is 1.59 bits per heavy atom. The summed E-state index contributed by atoms with van der Waals surface area (Å²) in [6.45, 7) is 4.10. The van der Waals surface area contributed by atoms with Crippen LogP contribution in [0.3, 0.4) is 0 Å². The molecule has 0 aromatic carbocycles. The van der Waals surface area contributed by atoms with Crippen LogP contribution in [-0.4, -0.2) is 28.7 Å². The smallest absolute Gasteiger partial charge is 0.224 e. The molecule has 1 amide bonds. The highest BCUT2D eigenvalue weighted by molar-refractivity contribution is 5.90. The van der Waals surface area contributed by atoms with Crippen molar-refractivity contribution in [1.29, 1.82) is 0 Å². The highest BCUT2D eigenvalue weighted by Crippen LogP contribution is 2.12. The maximum Gasteiger partial charge on any atom is 0.224 e. The fraction of sp³-hybridized carbons (Fsp3) is 0.500. The molecule has 17 heavy (non-hydrogen) atoms. The molecule has 1 rings (SSSR count). The van der Waals surface area contributed by atoms with Gasteiger partial charge in [0.1, 0.15) is 0 Å². The molecule has 0 saturated carbocycles. The summed E-state index contributed by atoms with van der Waals surface area (Å²) in [6.07, 6.45) is 1.84. The number of aromatic nitrogens is 1. The van der Waals surface area contributed by atoms with Gasteiger partial charge in [-0.15, -0.1) is 0 Å². The summed E-state index contributed by atoms with van der Waals surface area (Å²) in [5.74, 6) is 0.409. The number of amides is 1. The molecule has 1 heterocycles. The molecule has 1 atom stereocenters. The SMILES string of the molecule is CCOc1ccc(NC(=O)CCC(C)O)cn1. The first-order valence-electron chi connectivity index (χ1n) is 5.68. The average Bonchev–Trinajstić information content (AvgIpc) is 2.29. The van der Waals surface area contributed by atoms with E-state index >= 15 is 0 Å². The molecule has 94 valence electrons. The van der Waals surface area contributed by atoms with Crippen LogP contribution in [0.4, 0.5) is 5.69 Å². The van der Waals surface area contributed by atoms with Crippen molar-refractivity contribution in [2.24, 2.45) is 0 Å². The molecule has 5 heteroatoms. The second-order valence-corrected chi connectivity index (χ2v) is 3.75. The predicted octanol–water partition coefficient (Wildman–Crippen LogP) is 1.58. The van der Waals surface area contributed by atoms with Crippen molar-refractivity contribution in [3.63, 3.8) is 0 Å². The van der Waals surface area contributed by atoms with E-state index in [1.54, 1.807) is 25.3 Å². The lowest BCUT2D eigenvalue weighted by atomic mass is 10.2. The molecule has 0 aliphatic heterocycles. The third-order valence-electron chi connectivity index (χ3n) is 2.10. The van der Waals surface area contributed by atoms with Crippen LogP contribution in [0.5, 0.6) is 5.88 Å². The van der Waals surface area contributed by atoms with Gasteiger partial charge in [0.2, 0.25) is 11.8 Å². The van der Waals surface area contributed by atoms with Crippen molar-refractivity contribution in [1.82, 2.24) is 4.98 Å². The zero-order chi connectivity index (χ0) is 12.7. The van der Waals surface area contributed by atoms with Crippen molar-refractivity contribution in [3.05, 3.63) is 18.3 Å². The molecule has 0 radical (unpaired) electrons. The molecule has 0 saturated heterocycles. The first-order chi connectivity index (χ1) is 8.11. The summed E-state index contributed by atoms with van der Waals surface area (Å²) in [5, 5.41) is 11.8. The fourth-order valence-electron chi connectivity index (χ4n) is 1.25. The number of hydrogen-bond acceptors (Lipinski definition) is 4. The molecular weight excluding hydrogens is 220 g/mol. The van der Waals surface area contributed by atoms with Crippen molar-refractivity contribution in [2.45, 2.75) is 32.8 Å². The van der Waals surface area contributed by atoms with E-state index in [1.165, 1.54) is 0 Å². The Balaban J connectivity index is 2.43. The van der Waals surface area contributed by atoms with Gasteiger partial charge in [0.05, 0.1) is 24.6 Å². The Bertz CT molecular complexity index is 349. The van der Waals surface area contributed by atoms with Crippen LogP contribution in [0.2, 0.25) is 0 Å². The van der Waals surface area contributed by atoms with Gasteiger partial charge in [-0.2, -0.15) is 0 Å². The van der Waals surface area contributed by atoms with E-state index in [4.69, 9.17) is 9.84 Å². The maximum atomic E-state index is 11.4. The minimum atomic E-state index is -0.459. The molecule has 0 bridgehead atoms. The standard InChI is InChI=1S/C12H18N2O3/c1-3-17-12-7-5-10(8-13-12)14-11(16)6-4-9(2)15/h5,7-9,15H,3-4,6H2,1-2H3,(H,14,16). The molecule has 1 aromatic rings. The number of pyridine rings is 1. The van der Waals surface area contributed by atoms with Crippen LogP contribution in [0, 0.1) is 0 Å². The summed E-state index contributed by atoms with van der Waals surface area (Å²) in [7, 11) is 0. The highest BCUT2D eigenvalue weighted by atomic mass is 16.5. The van der Waals surface area contributed by atoms with Gasteiger partial charge in [-0.3, -0.25) is 4.79 Å². The van der Waals surface area contributed by atoms with E-state index in [2.05, 4.69) is 10.3 Å². The summed E-state index contributed by atoms with van der Waals surface area (Å²) >= 11 is 0. The second-order valence-electron chi connectivity index (χ2n) is 3.75. The van der Waals surface area contributed by atoms with E-state index < -0.39 is 6.10 Å². The maximum absolute atomic E-state index is 11.4. The number of aliphatic hydroxyl groups is 1. The minimum Gasteiger partial charge on any atom is -0.478 e. The fourth-order valence-corrected chi connectivity index (χ4v) is 1.25. The normalized spacial score (nSPS) is 11.9. The Labute approximate surface area is 101 Å². The third kappa shape index (κ3) is 5.31. The van der Waals surface area contributed by atoms with Gasteiger partial charge in [0.25, 0.3) is 0 Å². The first kappa shape index (κ1) is 13.4. The Morgan fingerprint density at radius 2 is 2.35 bits per heavy atom. The number of nitrogens with zero attached hydrogens (tertiary/aromatic N) is 1. The van der Waals surface area contributed by atoms with Gasteiger partial charge in [-0.25, -0.2) is 4.98 Å². The summed E-state index contributed by atoms with van der Waals surface area (Å²) in [6, 6.07) is 3.44. The number of nitrogens with one attached hydrogen (secondary N) is 1. The number of hydrogen-bond donors (Lipinski definition) is 2. The largest absolute Gasteiger partial charge is 0.478 e. The van der Waals surface area contributed by atoms with Crippen molar-refractivity contribution in [3.8, 4) is 5.88 Å². The van der Waals surface area contributed by atoms with E-state index in [-0.39, 0.29) is 5.91 Å². The molecule has 0 fully saturated rings. The van der Waals surface area contributed by atoms with Crippen molar-refractivity contribution < 1.29 is 14.6 Å². The Kier molecular flexibility index (Phi) is 5.42. The number of carbonyl (C=O) groups is 1. The molecule has 1 unspecified atom stereocenters. The molecule has 0 aliphatic carbocycles. The molecule has 0 spiro atoms. The third-order valence-corrected chi connectivity index (χ3v) is 2.10. The van der Waals surface area contributed by atoms with Crippen LogP contribution in [0.1, 0.15) is 26.7 Å². The quantitative estimate of drug-likeness (QED) is 0.789. The Hall–Kier alpha value is -1.62. The monoisotopic (exact) mass is 238 g/mol. The van der Waals surface area contributed by atoms with E-state index in [1.807, 2.05) is 6.92 Å². The molecule has 2 N–H and O–H groups in total. The van der Waals surface area contributed by atoms with Gasteiger partial charge in [-0.05, 0) is 26.3 Å². The first-order valence-corrected chi connectivity index (χ1v) is 5.68. The van der Waals surface area contributed by atoms with Crippen LogP contribution in [0.15, 0.2) is 18.3 Å². The molecule has 0 aliphatic rings. The number of rotatable bonds is 6. The molecule has 1 aromatic heterocycles. The highest BCUT2D eigenvalue weighted by Gasteiger charge is 2.05. The topological polar surface area (TPSA) is 71.5 Å². The van der Waals surface area contributed by atoms with Crippen molar-refractivity contribution in [2.75, 3.05) is 11.9 Å². The van der Waals surface area contributed by atoms with Gasteiger partial charge in [0.15, 0.2) is 0 Å². The van der Waals surface area contributed by atoms with Gasteiger partial charge in [0, 0.05) is 12.5 Å². The Morgan fingerprint density at radius 3 is 2.88 bits per heavy atom. The summed E-state index contributed by atoms with van der Waals surface area (Å²) < 4.78 is 5.19. The van der Waals surface area contributed by atoms with Crippen LogP contribution in [0.25, 0.3) is 0 Å². The summed E-state index contributed by atoms with van der Waals surface area (Å²) in [5.41, 5.74) is 0.629. The number of ether oxygens (including phenoxy) is 1.